The van der Waals surface area contributed by atoms with Gasteiger partial charge in [0.1, 0.15) is 0 Å². The Bertz CT molecular complexity index is 390. The molecule has 0 aromatic heterocycles. The van der Waals surface area contributed by atoms with Crippen LogP contribution in [0.5, 0.6) is 0 Å². The van der Waals surface area contributed by atoms with Gasteiger partial charge in [0.05, 0.1) is 0 Å². The van der Waals surface area contributed by atoms with Crippen molar-refractivity contribution in [1.29, 1.82) is 0 Å². The van der Waals surface area contributed by atoms with Gasteiger partial charge in [0.25, 0.3) is 0 Å². The fourth-order valence-electron chi connectivity index (χ4n) is 2.68. The topological polar surface area (TPSA) is 15.3 Å². The number of aryl methyl sites for hydroxylation is 1. The monoisotopic (exact) mass is 246 g/mol. The summed E-state index contributed by atoms with van der Waals surface area (Å²) in [5.41, 5.74) is 4.21. The standard InChI is InChI=1S/C16H26N2/c1-5-17-9-15-6-7-16(8-12(15)2)18-10-13(3)14(4)11-18/h6-8,13-14,17H,5,9-11H2,1-4H3. The molecule has 1 saturated heterocycles. The molecule has 1 aliphatic rings. The third-order valence-corrected chi connectivity index (χ3v) is 4.24. The first kappa shape index (κ1) is 13.4. The van der Waals surface area contributed by atoms with Crippen molar-refractivity contribution in [3.63, 3.8) is 0 Å². The van der Waals surface area contributed by atoms with Crippen LogP contribution in [-0.4, -0.2) is 19.6 Å². The molecule has 100 valence electrons. The fourth-order valence-corrected chi connectivity index (χ4v) is 2.68. The molecule has 2 heteroatoms. The highest BCUT2D eigenvalue weighted by atomic mass is 15.2. The van der Waals surface area contributed by atoms with Gasteiger partial charge in [-0.25, -0.2) is 0 Å². The van der Waals surface area contributed by atoms with Crippen LogP contribution >= 0.6 is 0 Å². The number of anilines is 1. The molecule has 18 heavy (non-hydrogen) atoms. The molecule has 0 amide bonds. The van der Waals surface area contributed by atoms with E-state index >= 15 is 0 Å². The van der Waals surface area contributed by atoms with E-state index in [1.54, 1.807) is 0 Å². The largest absolute Gasteiger partial charge is 0.371 e. The highest BCUT2D eigenvalue weighted by molar-refractivity contribution is 5.51. The first-order valence-electron chi connectivity index (χ1n) is 7.17. The zero-order valence-corrected chi connectivity index (χ0v) is 12.2. The number of nitrogens with zero attached hydrogens (tertiary/aromatic N) is 1. The van der Waals surface area contributed by atoms with Crippen molar-refractivity contribution in [3.8, 4) is 0 Å². The lowest BCUT2D eigenvalue weighted by Gasteiger charge is -2.20. The molecule has 0 aliphatic carbocycles. The van der Waals surface area contributed by atoms with Crippen LogP contribution in [-0.2, 0) is 6.54 Å². The van der Waals surface area contributed by atoms with E-state index in [0.717, 1.165) is 24.9 Å². The van der Waals surface area contributed by atoms with E-state index in [0.29, 0.717) is 0 Å². The fraction of sp³-hybridized carbons (Fsp3) is 0.625. The van der Waals surface area contributed by atoms with Gasteiger partial charge >= 0.3 is 0 Å². The first-order valence-corrected chi connectivity index (χ1v) is 7.17. The summed E-state index contributed by atoms with van der Waals surface area (Å²) < 4.78 is 0. The lowest BCUT2D eigenvalue weighted by Crippen LogP contribution is -2.20. The summed E-state index contributed by atoms with van der Waals surface area (Å²) in [4.78, 5) is 2.53. The van der Waals surface area contributed by atoms with Crippen LogP contribution in [0.4, 0.5) is 5.69 Å². The van der Waals surface area contributed by atoms with Crippen LogP contribution < -0.4 is 10.2 Å². The van der Waals surface area contributed by atoms with Gasteiger partial charge in [0, 0.05) is 25.3 Å². The minimum Gasteiger partial charge on any atom is -0.371 e. The second-order valence-electron chi connectivity index (χ2n) is 5.75. The van der Waals surface area contributed by atoms with Gasteiger partial charge in [-0.05, 0) is 48.6 Å². The summed E-state index contributed by atoms with van der Waals surface area (Å²) in [5, 5.41) is 3.39. The molecule has 2 unspecified atom stereocenters. The average Bonchev–Trinajstić information content (AvgIpc) is 2.68. The first-order chi connectivity index (χ1) is 8.61. The number of nitrogens with one attached hydrogen (secondary N) is 1. The van der Waals surface area contributed by atoms with Gasteiger partial charge in [-0.15, -0.1) is 0 Å². The molecule has 0 radical (unpaired) electrons. The van der Waals surface area contributed by atoms with Crippen LogP contribution in [0.2, 0.25) is 0 Å². The number of rotatable bonds is 4. The Labute approximate surface area is 111 Å². The van der Waals surface area contributed by atoms with E-state index in [4.69, 9.17) is 0 Å². The maximum Gasteiger partial charge on any atom is 0.0369 e. The van der Waals surface area contributed by atoms with Crippen molar-refractivity contribution in [1.82, 2.24) is 5.32 Å². The van der Waals surface area contributed by atoms with Crippen LogP contribution in [0.1, 0.15) is 31.9 Å². The molecule has 2 nitrogen and oxygen atoms in total. The Morgan fingerprint density at radius 3 is 2.44 bits per heavy atom. The highest BCUT2D eigenvalue weighted by Crippen LogP contribution is 2.28. The number of hydrogen-bond acceptors (Lipinski definition) is 2. The van der Waals surface area contributed by atoms with E-state index in [2.05, 4.69) is 56.1 Å². The summed E-state index contributed by atoms with van der Waals surface area (Å²) in [7, 11) is 0. The van der Waals surface area contributed by atoms with Crippen molar-refractivity contribution >= 4 is 5.69 Å². The molecule has 2 rings (SSSR count). The van der Waals surface area contributed by atoms with Gasteiger partial charge in [-0.1, -0.05) is 26.8 Å². The van der Waals surface area contributed by atoms with Gasteiger partial charge in [-0.2, -0.15) is 0 Å². The van der Waals surface area contributed by atoms with Crippen LogP contribution in [0.3, 0.4) is 0 Å². The minimum absolute atomic E-state index is 0.812. The maximum atomic E-state index is 3.39. The Hall–Kier alpha value is -1.02. The molecule has 1 aliphatic heterocycles. The summed E-state index contributed by atoms with van der Waals surface area (Å²) in [6, 6.07) is 6.91. The minimum atomic E-state index is 0.812. The molecular formula is C16H26N2. The zero-order chi connectivity index (χ0) is 13.1. The predicted octanol–water partition coefficient (Wildman–Crippen LogP) is 3.20. The van der Waals surface area contributed by atoms with E-state index in [-0.39, 0.29) is 0 Å². The smallest absolute Gasteiger partial charge is 0.0369 e. The maximum absolute atomic E-state index is 3.39. The highest BCUT2D eigenvalue weighted by Gasteiger charge is 2.26. The van der Waals surface area contributed by atoms with Crippen molar-refractivity contribution < 1.29 is 0 Å². The zero-order valence-electron chi connectivity index (χ0n) is 12.2. The lowest BCUT2D eigenvalue weighted by molar-refractivity contribution is 0.494. The lowest BCUT2D eigenvalue weighted by atomic mass is 10.0. The Morgan fingerprint density at radius 1 is 1.22 bits per heavy atom. The molecule has 1 aromatic rings. The quantitative estimate of drug-likeness (QED) is 0.877. The van der Waals surface area contributed by atoms with Gasteiger partial charge < -0.3 is 10.2 Å². The molecule has 2 atom stereocenters. The molecule has 1 heterocycles. The average molecular weight is 246 g/mol. The van der Waals surface area contributed by atoms with E-state index in [1.807, 2.05) is 0 Å². The van der Waals surface area contributed by atoms with Crippen molar-refractivity contribution in [2.45, 2.75) is 34.2 Å². The van der Waals surface area contributed by atoms with Crippen LogP contribution in [0, 0.1) is 18.8 Å². The summed E-state index contributed by atoms with van der Waals surface area (Å²) in [5.74, 6) is 1.62. The molecular weight excluding hydrogens is 220 g/mol. The van der Waals surface area contributed by atoms with Crippen LogP contribution in [0.15, 0.2) is 18.2 Å². The van der Waals surface area contributed by atoms with E-state index in [9.17, 15) is 0 Å². The number of benzene rings is 1. The van der Waals surface area contributed by atoms with Gasteiger partial charge in [-0.3, -0.25) is 0 Å². The summed E-state index contributed by atoms with van der Waals surface area (Å²) in [6.45, 7) is 13.5. The molecule has 1 N–H and O–H groups in total. The molecule has 0 spiro atoms. The summed E-state index contributed by atoms with van der Waals surface area (Å²) >= 11 is 0. The van der Waals surface area contributed by atoms with E-state index in [1.165, 1.54) is 29.9 Å². The van der Waals surface area contributed by atoms with Gasteiger partial charge in [0.2, 0.25) is 0 Å². The predicted molar refractivity (Wildman–Crippen MR) is 79.1 cm³/mol. The molecule has 1 fully saturated rings. The third kappa shape index (κ3) is 2.86. The van der Waals surface area contributed by atoms with Crippen molar-refractivity contribution in [2.75, 3.05) is 24.5 Å². The van der Waals surface area contributed by atoms with E-state index < -0.39 is 0 Å². The summed E-state index contributed by atoms with van der Waals surface area (Å²) in [6.07, 6.45) is 0. The third-order valence-electron chi connectivity index (χ3n) is 4.24. The second kappa shape index (κ2) is 5.75. The SMILES string of the molecule is CCNCc1ccc(N2CC(C)C(C)C2)cc1C. The van der Waals surface area contributed by atoms with Crippen molar-refractivity contribution in [2.24, 2.45) is 11.8 Å². The van der Waals surface area contributed by atoms with Gasteiger partial charge in [0.15, 0.2) is 0 Å². The normalized spacial score (nSPS) is 23.7. The molecule has 0 bridgehead atoms. The molecule has 0 saturated carbocycles. The second-order valence-corrected chi connectivity index (χ2v) is 5.75. The van der Waals surface area contributed by atoms with Crippen molar-refractivity contribution in [3.05, 3.63) is 29.3 Å². The Balaban J connectivity index is 2.09. The Morgan fingerprint density at radius 2 is 1.89 bits per heavy atom. The molecule has 1 aromatic carbocycles. The van der Waals surface area contributed by atoms with Crippen LogP contribution in [0.25, 0.3) is 0 Å². The number of hydrogen-bond donors (Lipinski definition) is 1. The Kier molecular flexibility index (Phi) is 4.28.